The van der Waals surface area contributed by atoms with Crippen LogP contribution in [0.15, 0.2) is 42.5 Å². The molecule has 0 spiro atoms. The van der Waals surface area contributed by atoms with Crippen molar-refractivity contribution in [1.82, 2.24) is 14.9 Å². The molecular weight excluding hydrogens is 342 g/mol. The molecule has 1 amide bonds. The molecule has 4 rings (SSSR count). The number of methoxy groups -OCH3 is 2. The van der Waals surface area contributed by atoms with Crippen LogP contribution in [0.2, 0.25) is 0 Å². The second-order valence-electron chi connectivity index (χ2n) is 6.77. The fourth-order valence-electron chi connectivity index (χ4n) is 3.69. The molecule has 1 aromatic heterocycles. The highest BCUT2D eigenvalue weighted by Crippen LogP contribution is 2.28. The zero-order valence-corrected chi connectivity index (χ0v) is 15.6. The van der Waals surface area contributed by atoms with E-state index >= 15 is 0 Å². The minimum absolute atomic E-state index is 0.0468. The van der Waals surface area contributed by atoms with Gasteiger partial charge in [0.1, 0.15) is 5.82 Å². The first kappa shape index (κ1) is 17.4. The number of hydrogen-bond acceptors (Lipinski definition) is 4. The van der Waals surface area contributed by atoms with E-state index in [0.29, 0.717) is 24.5 Å². The molecule has 0 saturated heterocycles. The Balaban J connectivity index is 1.42. The zero-order chi connectivity index (χ0) is 18.8. The summed E-state index contributed by atoms with van der Waals surface area (Å²) in [4.78, 5) is 17.4. The molecule has 2 heterocycles. The average Bonchev–Trinajstić information content (AvgIpc) is 3.09. The van der Waals surface area contributed by atoms with Gasteiger partial charge in [0.15, 0.2) is 11.5 Å². The molecule has 6 nitrogen and oxygen atoms in total. The lowest BCUT2D eigenvalue weighted by Gasteiger charge is -2.23. The summed E-state index contributed by atoms with van der Waals surface area (Å²) in [6, 6.07) is 13.8. The molecule has 0 radical (unpaired) electrons. The van der Waals surface area contributed by atoms with Crippen LogP contribution in [0.5, 0.6) is 11.5 Å². The van der Waals surface area contributed by atoms with Crippen LogP contribution in [0.3, 0.4) is 0 Å². The third-order valence-electron chi connectivity index (χ3n) is 5.15. The van der Waals surface area contributed by atoms with Gasteiger partial charge < -0.3 is 19.4 Å². The molecule has 0 saturated carbocycles. The van der Waals surface area contributed by atoms with Crippen LogP contribution in [0.4, 0.5) is 0 Å². The fourth-order valence-corrected chi connectivity index (χ4v) is 3.69. The van der Waals surface area contributed by atoms with Gasteiger partial charge in [-0.2, -0.15) is 0 Å². The van der Waals surface area contributed by atoms with E-state index in [2.05, 4.69) is 16.0 Å². The predicted octanol–water partition coefficient (Wildman–Crippen LogP) is 2.93. The van der Waals surface area contributed by atoms with Crippen LogP contribution < -0.4 is 14.8 Å². The Bertz CT molecular complexity index is 980. The quantitative estimate of drug-likeness (QED) is 0.755. The van der Waals surface area contributed by atoms with Crippen molar-refractivity contribution in [1.29, 1.82) is 0 Å². The normalized spacial score (nSPS) is 16.0. The molecule has 0 aliphatic carbocycles. The molecule has 1 N–H and O–H groups in total. The molecule has 0 fully saturated rings. The van der Waals surface area contributed by atoms with E-state index in [4.69, 9.17) is 14.5 Å². The maximum atomic E-state index is 12.7. The van der Waals surface area contributed by atoms with E-state index in [1.54, 1.807) is 14.2 Å². The van der Waals surface area contributed by atoms with Gasteiger partial charge in [-0.15, -0.1) is 0 Å². The van der Waals surface area contributed by atoms with Crippen molar-refractivity contribution in [3.05, 3.63) is 53.9 Å². The SMILES string of the molecule is COc1ccc(CNC(=O)[C@@H]2CCn3c(nc4ccccc43)C2)cc1OC. The Labute approximate surface area is 158 Å². The summed E-state index contributed by atoms with van der Waals surface area (Å²) < 4.78 is 12.8. The second kappa shape index (κ2) is 7.31. The van der Waals surface area contributed by atoms with E-state index in [0.717, 1.165) is 35.4 Å². The van der Waals surface area contributed by atoms with Gasteiger partial charge >= 0.3 is 0 Å². The number of hydrogen-bond donors (Lipinski definition) is 1. The summed E-state index contributed by atoms with van der Waals surface area (Å²) in [5, 5.41) is 3.05. The standard InChI is InChI=1S/C21H23N3O3/c1-26-18-8-7-14(11-19(18)27-2)13-22-21(25)15-9-10-24-17-6-4-3-5-16(17)23-20(24)12-15/h3-8,11,15H,9-10,12-13H2,1-2H3,(H,22,25)/t15-/m1/s1. The topological polar surface area (TPSA) is 65.4 Å². The zero-order valence-electron chi connectivity index (χ0n) is 15.6. The van der Waals surface area contributed by atoms with E-state index in [9.17, 15) is 4.79 Å². The second-order valence-corrected chi connectivity index (χ2v) is 6.77. The molecule has 0 unspecified atom stereocenters. The third kappa shape index (κ3) is 3.35. The summed E-state index contributed by atoms with van der Waals surface area (Å²) in [7, 11) is 3.21. The number of benzene rings is 2. The number of imidazole rings is 1. The lowest BCUT2D eigenvalue weighted by atomic mass is 9.96. The number of amides is 1. The van der Waals surface area contributed by atoms with E-state index in [1.165, 1.54) is 0 Å². The van der Waals surface area contributed by atoms with Crippen molar-refractivity contribution < 1.29 is 14.3 Å². The Morgan fingerprint density at radius 1 is 1.19 bits per heavy atom. The summed E-state index contributed by atoms with van der Waals surface area (Å²) in [6.45, 7) is 1.29. The van der Waals surface area contributed by atoms with Crippen LogP contribution >= 0.6 is 0 Å². The van der Waals surface area contributed by atoms with Crippen LogP contribution in [-0.4, -0.2) is 29.7 Å². The molecule has 2 aromatic carbocycles. The van der Waals surface area contributed by atoms with Crippen LogP contribution in [0, 0.1) is 5.92 Å². The largest absolute Gasteiger partial charge is 0.493 e. The highest BCUT2D eigenvalue weighted by Gasteiger charge is 2.26. The summed E-state index contributed by atoms with van der Waals surface area (Å²) in [5.74, 6) is 2.36. The Morgan fingerprint density at radius 2 is 2.00 bits per heavy atom. The molecule has 140 valence electrons. The van der Waals surface area contributed by atoms with Crippen molar-refractivity contribution in [2.24, 2.45) is 5.92 Å². The van der Waals surface area contributed by atoms with Gasteiger partial charge in [0.25, 0.3) is 0 Å². The van der Waals surface area contributed by atoms with Gasteiger partial charge in [0.2, 0.25) is 5.91 Å². The number of carbonyl (C=O) groups excluding carboxylic acids is 1. The van der Waals surface area contributed by atoms with Gasteiger partial charge in [0.05, 0.1) is 25.3 Å². The lowest BCUT2D eigenvalue weighted by molar-refractivity contribution is -0.125. The molecule has 3 aromatic rings. The van der Waals surface area contributed by atoms with Crippen molar-refractivity contribution in [2.75, 3.05) is 14.2 Å². The lowest BCUT2D eigenvalue weighted by Crippen LogP contribution is -2.35. The smallest absolute Gasteiger partial charge is 0.223 e. The van der Waals surface area contributed by atoms with E-state index < -0.39 is 0 Å². The number of carbonyl (C=O) groups is 1. The number of ether oxygens (including phenoxy) is 2. The number of aryl methyl sites for hydroxylation is 1. The molecule has 1 aliphatic rings. The Morgan fingerprint density at radius 3 is 2.81 bits per heavy atom. The van der Waals surface area contributed by atoms with Crippen LogP contribution in [0.25, 0.3) is 11.0 Å². The van der Waals surface area contributed by atoms with E-state index in [-0.39, 0.29) is 11.8 Å². The van der Waals surface area contributed by atoms with Crippen molar-refractivity contribution in [3.63, 3.8) is 0 Å². The van der Waals surface area contributed by atoms with Gasteiger partial charge in [-0.1, -0.05) is 18.2 Å². The van der Waals surface area contributed by atoms with Gasteiger partial charge in [-0.3, -0.25) is 4.79 Å². The van der Waals surface area contributed by atoms with E-state index in [1.807, 2.05) is 36.4 Å². The highest BCUT2D eigenvalue weighted by molar-refractivity contribution is 5.80. The number of nitrogens with zero attached hydrogens (tertiary/aromatic N) is 2. The highest BCUT2D eigenvalue weighted by atomic mass is 16.5. The predicted molar refractivity (Wildman–Crippen MR) is 103 cm³/mol. The minimum atomic E-state index is -0.0468. The summed E-state index contributed by atoms with van der Waals surface area (Å²) in [5.41, 5.74) is 3.12. The van der Waals surface area contributed by atoms with Crippen molar-refractivity contribution in [2.45, 2.75) is 25.9 Å². The van der Waals surface area contributed by atoms with Crippen LogP contribution in [-0.2, 0) is 24.3 Å². The van der Waals surface area contributed by atoms with Crippen LogP contribution in [0.1, 0.15) is 17.8 Å². The van der Waals surface area contributed by atoms with Crippen molar-refractivity contribution >= 4 is 16.9 Å². The number of aromatic nitrogens is 2. The first-order chi connectivity index (χ1) is 13.2. The molecule has 6 heteroatoms. The summed E-state index contributed by atoms with van der Waals surface area (Å²) in [6.07, 6.45) is 1.50. The number of fused-ring (bicyclic) bond motifs is 3. The molecule has 0 bridgehead atoms. The molecule has 1 aliphatic heterocycles. The van der Waals surface area contributed by atoms with Gasteiger partial charge in [0, 0.05) is 25.4 Å². The molecular formula is C21H23N3O3. The number of nitrogens with one attached hydrogen (secondary N) is 1. The molecule has 27 heavy (non-hydrogen) atoms. The van der Waals surface area contributed by atoms with Gasteiger partial charge in [-0.25, -0.2) is 4.98 Å². The monoisotopic (exact) mass is 365 g/mol. The maximum Gasteiger partial charge on any atom is 0.223 e. The van der Waals surface area contributed by atoms with Crippen molar-refractivity contribution in [3.8, 4) is 11.5 Å². The van der Waals surface area contributed by atoms with Gasteiger partial charge in [-0.05, 0) is 36.2 Å². The first-order valence-corrected chi connectivity index (χ1v) is 9.12. The average molecular weight is 365 g/mol. The Hall–Kier alpha value is -3.02. The number of para-hydroxylation sites is 2. The fraction of sp³-hybridized carbons (Fsp3) is 0.333. The molecule has 1 atom stereocenters. The number of rotatable bonds is 5. The minimum Gasteiger partial charge on any atom is -0.493 e. The first-order valence-electron chi connectivity index (χ1n) is 9.12. The Kier molecular flexibility index (Phi) is 4.71. The maximum absolute atomic E-state index is 12.7. The third-order valence-corrected chi connectivity index (χ3v) is 5.15. The summed E-state index contributed by atoms with van der Waals surface area (Å²) >= 11 is 0.